The monoisotopic (exact) mass is 357 g/mol. The summed E-state index contributed by atoms with van der Waals surface area (Å²) in [6.45, 7) is 0. The van der Waals surface area contributed by atoms with E-state index in [4.69, 9.17) is 5.73 Å². The van der Waals surface area contributed by atoms with E-state index in [0.717, 1.165) is 10.8 Å². The Hall–Kier alpha value is -4.00. The molecule has 4 rings (SSSR count). The van der Waals surface area contributed by atoms with Gasteiger partial charge in [-0.1, -0.05) is 42.5 Å². The van der Waals surface area contributed by atoms with Crippen LogP contribution in [0.15, 0.2) is 75.4 Å². The lowest BCUT2D eigenvalue weighted by molar-refractivity contribution is 0.475. The molecule has 0 spiro atoms. The SMILES string of the molecule is NC(N=Cc1c(O)ccc2ccccc12)=Nc1nc2ccccc2c(=O)[nH]1. The number of aromatic hydroxyl groups is 1. The summed E-state index contributed by atoms with van der Waals surface area (Å²) in [5.41, 5.74) is 6.60. The maximum Gasteiger partial charge on any atom is 0.260 e. The topological polar surface area (TPSA) is 117 Å². The van der Waals surface area contributed by atoms with E-state index in [2.05, 4.69) is 20.0 Å². The maximum atomic E-state index is 12.1. The number of nitrogens with two attached hydrogens (primary N) is 1. The van der Waals surface area contributed by atoms with Gasteiger partial charge in [0, 0.05) is 11.8 Å². The number of guanidine groups is 1. The van der Waals surface area contributed by atoms with Crippen molar-refractivity contribution in [2.24, 2.45) is 15.7 Å². The highest BCUT2D eigenvalue weighted by atomic mass is 16.3. The van der Waals surface area contributed by atoms with Crippen molar-refractivity contribution in [3.8, 4) is 5.75 Å². The third kappa shape index (κ3) is 3.25. The van der Waals surface area contributed by atoms with Gasteiger partial charge in [0.2, 0.25) is 11.9 Å². The molecule has 0 atom stereocenters. The number of hydrogen-bond acceptors (Lipinski definition) is 4. The number of aliphatic imine (C=N–C) groups is 2. The normalized spacial score (nSPS) is 12.2. The van der Waals surface area contributed by atoms with E-state index in [1.54, 1.807) is 30.3 Å². The summed E-state index contributed by atoms with van der Waals surface area (Å²) in [6, 6.07) is 18.0. The lowest BCUT2D eigenvalue weighted by Crippen LogP contribution is -2.11. The number of H-pyrrole nitrogens is 1. The fourth-order valence-corrected chi connectivity index (χ4v) is 2.81. The first-order valence-corrected chi connectivity index (χ1v) is 8.20. The van der Waals surface area contributed by atoms with E-state index >= 15 is 0 Å². The van der Waals surface area contributed by atoms with Crippen molar-refractivity contribution in [3.05, 3.63) is 76.6 Å². The van der Waals surface area contributed by atoms with Gasteiger partial charge in [0.1, 0.15) is 5.75 Å². The summed E-state index contributed by atoms with van der Waals surface area (Å²) in [5.74, 6) is 0.0544. The summed E-state index contributed by atoms with van der Waals surface area (Å²) >= 11 is 0. The van der Waals surface area contributed by atoms with Crippen molar-refractivity contribution in [1.82, 2.24) is 9.97 Å². The lowest BCUT2D eigenvalue weighted by Gasteiger charge is -2.04. The van der Waals surface area contributed by atoms with E-state index in [0.29, 0.717) is 16.5 Å². The van der Waals surface area contributed by atoms with Gasteiger partial charge in [0.05, 0.1) is 10.9 Å². The Bertz CT molecular complexity index is 1270. The molecule has 0 saturated heterocycles. The number of phenolic OH excluding ortho intramolecular Hbond substituents is 1. The van der Waals surface area contributed by atoms with Crippen LogP contribution in [0.4, 0.5) is 5.95 Å². The van der Waals surface area contributed by atoms with Gasteiger partial charge >= 0.3 is 0 Å². The molecule has 4 aromatic rings. The minimum Gasteiger partial charge on any atom is -0.507 e. The number of hydrogen-bond donors (Lipinski definition) is 3. The summed E-state index contributed by atoms with van der Waals surface area (Å²) < 4.78 is 0. The predicted octanol–water partition coefficient (Wildman–Crippen LogP) is 2.85. The number of nitrogens with one attached hydrogen (secondary N) is 1. The first-order chi connectivity index (χ1) is 13.1. The van der Waals surface area contributed by atoms with Crippen LogP contribution < -0.4 is 11.3 Å². The average molecular weight is 357 g/mol. The van der Waals surface area contributed by atoms with Crippen LogP contribution in [0.1, 0.15) is 5.56 Å². The zero-order valence-corrected chi connectivity index (χ0v) is 14.1. The van der Waals surface area contributed by atoms with Crippen molar-refractivity contribution in [1.29, 1.82) is 0 Å². The molecule has 0 radical (unpaired) electrons. The van der Waals surface area contributed by atoms with Crippen LogP contribution in [0.3, 0.4) is 0 Å². The molecule has 0 amide bonds. The van der Waals surface area contributed by atoms with Crippen LogP contribution >= 0.6 is 0 Å². The zero-order valence-electron chi connectivity index (χ0n) is 14.1. The Morgan fingerprint density at radius 1 is 1.04 bits per heavy atom. The number of benzene rings is 3. The number of aromatic amines is 1. The first-order valence-electron chi connectivity index (χ1n) is 8.20. The van der Waals surface area contributed by atoms with Gasteiger partial charge in [-0.3, -0.25) is 9.78 Å². The molecule has 7 heteroatoms. The van der Waals surface area contributed by atoms with Crippen LogP contribution in [0, 0.1) is 0 Å². The van der Waals surface area contributed by atoms with Crippen molar-refractivity contribution < 1.29 is 5.11 Å². The summed E-state index contributed by atoms with van der Waals surface area (Å²) in [7, 11) is 0. The van der Waals surface area contributed by atoms with E-state index < -0.39 is 0 Å². The van der Waals surface area contributed by atoms with E-state index in [1.807, 2.05) is 30.3 Å². The molecule has 0 fully saturated rings. The highest BCUT2D eigenvalue weighted by molar-refractivity contribution is 6.05. The number of fused-ring (bicyclic) bond motifs is 2. The second-order valence-corrected chi connectivity index (χ2v) is 5.85. The molecule has 132 valence electrons. The number of para-hydroxylation sites is 1. The molecule has 3 aromatic carbocycles. The Balaban J connectivity index is 1.71. The molecule has 0 aliphatic carbocycles. The molecular weight excluding hydrogens is 342 g/mol. The van der Waals surface area contributed by atoms with Gasteiger partial charge in [-0.05, 0) is 29.0 Å². The zero-order chi connectivity index (χ0) is 18.8. The molecule has 0 saturated carbocycles. The molecule has 27 heavy (non-hydrogen) atoms. The van der Waals surface area contributed by atoms with Crippen LogP contribution in [-0.2, 0) is 0 Å². The number of phenols is 1. The van der Waals surface area contributed by atoms with Crippen LogP contribution in [0.5, 0.6) is 5.75 Å². The standard InChI is InChI=1S/C20H15N5O2/c21-19(25-20-23-16-8-4-3-7-14(16)18(27)24-20)22-11-15-13-6-2-1-5-12(13)9-10-17(15)26/h1-11,26H,(H3,21,23,24,25,27). The van der Waals surface area contributed by atoms with Crippen molar-refractivity contribution in [3.63, 3.8) is 0 Å². The first kappa shape index (κ1) is 16.5. The quantitative estimate of drug-likeness (QED) is 0.378. The third-order valence-electron chi connectivity index (χ3n) is 4.09. The van der Waals surface area contributed by atoms with Crippen LogP contribution in [0.2, 0.25) is 0 Å². The molecule has 0 aliphatic rings. The molecular formula is C20H15N5O2. The fraction of sp³-hybridized carbons (Fsp3) is 0. The van der Waals surface area contributed by atoms with Gasteiger partial charge in [-0.25, -0.2) is 9.98 Å². The van der Waals surface area contributed by atoms with Gasteiger partial charge in [-0.2, -0.15) is 4.99 Å². The largest absolute Gasteiger partial charge is 0.507 e. The van der Waals surface area contributed by atoms with Crippen molar-refractivity contribution >= 4 is 39.8 Å². The van der Waals surface area contributed by atoms with E-state index in [1.165, 1.54) is 6.21 Å². The van der Waals surface area contributed by atoms with Crippen molar-refractivity contribution in [2.45, 2.75) is 0 Å². The Morgan fingerprint density at radius 2 is 1.78 bits per heavy atom. The van der Waals surface area contributed by atoms with Crippen molar-refractivity contribution in [2.75, 3.05) is 0 Å². The Labute approximate surface area is 153 Å². The molecule has 0 bridgehead atoms. The van der Waals surface area contributed by atoms with Crippen LogP contribution in [0.25, 0.3) is 21.7 Å². The smallest absolute Gasteiger partial charge is 0.260 e. The molecule has 7 nitrogen and oxygen atoms in total. The van der Waals surface area contributed by atoms with E-state index in [-0.39, 0.29) is 23.2 Å². The minimum atomic E-state index is -0.303. The number of aromatic nitrogens is 2. The number of nitrogens with zero attached hydrogens (tertiary/aromatic N) is 3. The summed E-state index contributed by atoms with van der Waals surface area (Å²) in [6.07, 6.45) is 1.44. The second kappa shape index (κ2) is 6.72. The molecule has 1 aromatic heterocycles. The molecule has 0 aliphatic heterocycles. The van der Waals surface area contributed by atoms with E-state index in [9.17, 15) is 9.90 Å². The number of rotatable bonds is 2. The lowest BCUT2D eigenvalue weighted by atomic mass is 10.0. The summed E-state index contributed by atoms with van der Waals surface area (Å²) in [5, 5.41) is 12.4. The van der Waals surface area contributed by atoms with Gasteiger partial charge in [0.15, 0.2) is 0 Å². The highest BCUT2D eigenvalue weighted by Gasteiger charge is 2.05. The minimum absolute atomic E-state index is 0.0653. The highest BCUT2D eigenvalue weighted by Crippen LogP contribution is 2.25. The average Bonchev–Trinajstić information content (AvgIpc) is 2.67. The second-order valence-electron chi connectivity index (χ2n) is 5.85. The Morgan fingerprint density at radius 3 is 2.63 bits per heavy atom. The van der Waals surface area contributed by atoms with Crippen LogP contribution in [-0.4, -0.2) is 27.2 Å². The maximum absolute atomic E-state index is 12.1. The van der Waals surface area contributed by atoms with Gasteiger partial charge in [-0.15, -0.1) is 0 Å². The molecule has 4 N–H and O–H groups in total. The molecule has 1 heterocycles. The molecule has 0 unspecified atom stereocenters. The Kier molecular flexibility index (Phi) is 4.10. The third-order valence-corrected chi connectivity index (χ3v) is 4.09. The fourth-order valence-electron chi connectivity index (χ4n) is 2.81. The predicted molar refractivity (Wildman–Crippen MR) is 107 cm³/mol. The summed E-state index contributed by atoms with van der Waals surface area (Å²) in [4.78, 5) is 27.0. The van der Waals surface area contributed by atoms with Gasteiger partial charge in [0.25, 0.3) is 5.56 Å². The van der Waals surface area contributed by atoms with Gasteiger partial charge < -0.3 is 10.8 Å².